The Labute approximate surface area is 105 Å². The van der Waals surface area contributed by atoms with E-state index in [4.69, 9.17) is 33.7 Å². The van der Waals surface area contributed by atoms with Crippen molar-refractivity contribution in [2.24, 2.45) is 5.73 Å². The van der Waals surface area contributed by atoms with Crippen molar-refractivity contribution >= 4 is 23.2 Å². The molecule has 1 aromatic heterocycles. The first-order chi connectivity index (χ1) is 7.66. The molecule has 0 aliphatic heterocycles. The molecular weight excluding hydrogens is 247 g/mol. The van der Waals surface area contributed by atoms with E-state index in [1.54, 1.807) is 6.07 Å². The molecule has 16 heavy (non-hydrogen) atoms. The van der Waals surface area contributed by atoms with Gasteiger partial charge >= 0.3 is 0 Å². The molecule has 88 valence electrons. The van der Waals surface area contributed by atoms with E-state index in [9.17, 15) is 0 Å². The lowest BCUT2D eigenvalue weighted by Crippen LogP contribution is -2.41. The van der Waals surface area contributed by atoms with Gasteiger partial charge in [0.15, 0.2) is 0 Å². The van der Waals surface area contributed by atoms with Crippen LogP contribution in [0.3, 0.4) is 0 Å². The van der Waals surface area contributed by atoms with Gasteiger partial charge in [-0.2, -0.15) is 0 Å². The molecule has 1 fully saturated rings. The Kier molecular flexibility index (Phi) is 3.90. The van der Waals surface area contributed by atoms with Crippen LogP contribution in [0, 0.1) is 0 Å². The summed E-state index contributed by atoms with van der Waals surface area (Å²) in [4.78, 5) is 4.06. The normalized spacial score (nSPS) is 25.4. The molecule has 1 heterocycles. The van der Waals surface area contributed by atoms with E-state index in [1.807, 2.05) is 0 Å². The average Bonchev–Trinajstić information content (AvgIpc) is 2.25. The Morgan fingerprint density at radius 2 is 2.06 bits per heavy atom. The quantitative estimate of drug-likeness (QED) is 0.890. The Balaban J connectivity index is 2.07. The third-order valence-electron chi connectivity index (χ3n) is 2.79. The third kappa shape index (κ3) is 2.78. The Morgan fingerprint density at radius 3 is 2.75 bits per heavy atom. The maximum Gasteiger partial charge on any atom is 0.232 e. The number of rotatable bonds is 2. The molecule has 0 saturated heterocycles. The van der Waals surface area contributed by atoms with Crippen molar-refractivity contribution in [3.05, 3.63) is 22.3 Å². The molecule has 0 amide bonds. The van der Waals surface area contributed by atoms with Gasteiger partial charge in [0.25, 0.3) is 0 Å². The van der Waals surface area contributed by atoms with Crippen LogP contribution in [0.5, 0.6) is 5.88 Å². The zero-order chi connectivity index (χ0) is 11.5. The van der Waals surface area contributed by atoms with E-state index in [2.05, 4.69) is 4.98 Å². The molecule has 3 nitrogen and oxygen atoms in total. The minimum Gasteiger partial charge on any atom is -0.472 e. The zero-order valence-corrected chi connectivity index (χ0v) is 10.3. The van der Waals surface area contributed by atoms with E-state index < -0.39 is 0 Å². The number of nitrogens with zero attached hydrogens (tertiary/aromatic N) is 1. The van der Waals surface area contributed by atoms with Gasteiger partial charge in [0.05, 0.1) is 5.02 Å². The predicted octanol–water partition coefficient (Wildman–Crippen LogP) is 3.04. The van der Waals surface area contributed by atoms with Crippen LogP contribution in [-0.4, -0.2) is 17.1 Å². The van der Waals surface area contributed by atoms with Crippen LogP contribution in [0.15, 0.2) is 12.3 Å². The summed E-state index contributed by atoms with van der Waals surface area (Å²) in [5.74, 6) is 0.424. The molecule has 0 radical (unpaired) electrons. The fraction of sp³-hybridized carbons (Fsp3) is 0.545. The van der Waals surface area contributed by atoms with Crippen LogP contribution in [0.4, 0.5) is 0 Å². The number of halogens is 2. The molecule has 2 rings (SSSR count). The smallest absolute Gasteiger partial charge is 0.232 e. The predicted molar refractivity (Wildman–Crippen MR) is 65.1 cm³/mol. The van der Waals surface area contributed by atoms with E-state index >= 15 is 0 Å². The molecule has 0 aromatic carbocycles. The Morgan fingerprint density at radius 1 is 1.31 bits per heavy atom. The first kappa shape index (κ1) is 12.0. The second-order valence-corrected chi connectivity index (χ2v) is 4.89. The lowest BCUT2D eigenvalue weighted by molar-refractivity contribution is 0.127. The number of nitrogens with two attached hydrogens (primary N) is 1. The van der Waals surface area contributed by atoms with Crippen molar-refractivity contribution in [2.45, 2.75) is 37.8 Å². The van der Waals surface area contributed by atoms with E-state index in [0.717, 1.165) is 19.3 Å². The number of pyridine rings is 1. The molecule has 2 atom stereocenters. The van der Waals surface area contributed by atoms with Crippen molar-refractivity contribution < 1.29 is 4.74 Å². The van der Waals surface area contributed by atoms with E-state index in [0.29, 0.717) is 15.9 Å². The summed E-state index contributed by atoms with van der Waals surface area (Å²) < 4.78 is 5.73. The van der Waals surface area contributed by atoms with Crippen molar-refractivity contribution in [3.63, 3.8) is 0 Å². The summed E-state index contributed by atoms with van der Waals surface area (Å²) in [5.41, 5.74) is 5.98. The molecule has 5 heteroatoms. The second-order valence-electron chi connectivity index (χ2n) is 4.05. The zero-order valence-electron chi connectivity index (χ0n) is 8.83. The standard InChI is InChI=1S/C11H14Cl2N2O/c12-7-5-8(13)11(15-6-7)16-10-4-2-1-3-9(10)14/h5-6,9-10H,1-4,14H2. The molecule has 2 unspecified atom stereocenters. The van der Waals surface area contributed by atoms with Crippen LogP contribution in [-0.2, 0) is 0 Å². The van der Waals surface area contributed by atoms with Gasteiger partial charge in [0.1, 0.15) is 11.1 Å². The lowest BCUT2D eigenvalue weighted by atomic mass is 9.93. The first-order valence-corrected chi connectivity index (χ1v) is 6.15. The minimum absolute atomic E-state index is 0.0138. The van der Waals surface area contributed by atoms with Gasteiger partial charge in [-0.15, -0.1) is 0 Å². The number of hydrogen-bond donors (Lipinski definition) is 1. The van der Waals surface area contributed by atoms with Crippen molar-refractivity contribution in [2.75, 3.05) is 0 Å². The highest BCUT2D eigenvalue weighted by atomic mass is 35.5. The highest BCUT2D eigenvalue weighted by molar-refractivity contribution is 6.35. The van der Waals surface area contributed by atoms with Crippen LogP contribution < -0.4 is 10.5 Å². The van der Waals surface area contributed by atoms with E-state index in [1.165, 1.54) is 12.6 Å². The SMILES string of the molecule is NC1CCCCC1Oc1ncc(Cl)cc1Cl. The maximum absolute atomic E-state index is 5.98. The molecule has 0 bridgehead atoms. The topological polar surface area (TPSA) is 48.1 Å². The number of hydrogen-bond acceptors (Lipinski definition) is 3. The van der Waals surface area contributed by atoms with Gasteiger partial charge in [-0.1, -0.05) is 29.6 Å². The van der Waals surface area contributed by atoms with Gasteiger partial charge in [-0.25, -0.2) is 4.98 Å². The first-order valence-electron chi connectivity index (χ1n) is 5.40. The highest BCUT2D eigenvalue weighted by Crippen LogP contribution is 2.28. The summed E-state index contributed by atoms with van der Waals surface area (Å²) in [6.45, 7) is 0. The summed E-state index contributed by atoms with van der Waals surface area (Å²) in [6.07, 6.45) is 5.81. The highest BCUT2D eigenvalue weighted by Gasteiger charge is 2.24. The molecule has 1 aliphatic rings. The summed E-state index contributed by atoms with van der Waals surface area (Å²) in [5, 5.41) is 0.940. The van der Waals surface area contributed by atoms with Gasteiger partial charge in [-0.05, 0) is 25.3 Å². The Hall–Kier alpha value is -0.510. The lowest BCUT2D eigenvalue weighted by Gasteiger charge is -2.28. The van der Waals surface area contributed by atoms with Gasteiger partial charge in [0.2, 0.25) is 5.88 Å². The molecule has 1 aliphatic carbocycles. The third-order valence-corrected chi connectivity index (χ3v) is 3.27. The summed E-state index contributed by atoms with van der Waals surface area (Å²) in [7, 11) is 0. The van der Waals surface area contributed by atoms with Crippen molar-refractivity contribution in [1.82, 2.24) is 4.98 Å². The van der Waals surface area contributed by atoms with Gasteiger partial charge in [-0.3, -0.25) is 0 Å². The summed E-state index contributed by atoms with van der Waals surface area (Å²) in [6, 6.07) is 1.70. The van der Waals surface area contributed by atoms with Gasteiger partial charge in [0, 0.05) is 12.2 Å². The molecule has 1 saturated carbocycles. The van der Waals surface area contributed by atoms with Crippen molar-refractivity contribution in [1.29, 1.82) is 0 Å². The molecule has 1 aromatic rings. The van der Waals surface area contributed by atoms with Gasteiger partial charge < -0.3 is 10.5 Å². The Bertz CT molecular complexity index is 373. The monoisotopic (exact) mass is 260 g/mol. The largest absolute Gasteiger partial charge is 0.472 e. The fourth-order valence-corrected chi connectivity index (χ4v) is 2.33. The average molecular weight is 261 g/mol. The molecule has 2 N–H and O–H groups in total. The number of ether oxygens (including phenoxy) is 1. The molecule has 0 spiro atoms. The van der Waals surface area contributed by atoms with Crippen LogP contribution >= 0.6 is 23.2 Å². The van der Waals surface area contributed by atoms with Crippen molar-refractivity contribution in [3.8, 4) is 5.88 Å². The van der Waals surface area contributed by atoms with E-state index in [-0.39, 0.29) is 12.1 Å². The summed E-state index contributed by atoms with van der Waals surface area (Å²) >= 11 is 11.7. The number of aromatic nitrogens is 1. The van der Waals surface area contributed by atoms with Crippen LogP contribution in [0.25, 0.3) is 0 Å². The maximum atomic E-state index is 5.98. The van der Waals surface area contributed by atoms with Crippen LogP contribution in [0.2, 0.25) is 10.0 Å². The van der Waals surface area contributed by atoms with Crippen LogP contribution in [0.1, 0.15) is 25.7 Å². The minimum atomic E-state index is 0.0138. The second kappa shape index (κ2) is 5.21. The fourth-order valence-electron chi connectivity index (χ4n) is 1.90. The molecular formula is C11H14Cl2N2O.